The zero-order valence-corrected chi connectivity index (χ0v) is 13.6. The highest BCUT2D eigenvalue weighted by atomic mass is 32.2. The van der Waals surface area contributed by atoms with E-state index in [4.69, 9.17) is 0 Å². The van der Waals surface area contributed by atoms with Crippen LogP contribution in [0.5, 0.6) is 0 Å². The molecule has 0 unspecified atom stereocenters. The van der Waals surface area contributed by atoms with Crippen LogP contribution in [0.1, 0.15) is 19.8 Å². The summed E-state index contributed by atoms with van der Waals surface area (Å²) < 4.78 is 27.0. The molecule has 0 rings (SSSR count). The number of nitrogens with one attached hydrogen (secondary N) is 1. The number of hydrogen-bond donors (Lipinski definition) is 1. The third-order valence-corrected chi connectivity index (χ3v) is 5.18. The number of rotatable bonds is 11. The fourth-order valence-corrected chi connectivity index (χ4v) is 3.15. The van der Waals surface area contributed by atoms with Crippen LogP contribution in [0.4, 0.5) is 0 Å². The maximum Gasteiger partial charge on any atom is 0.281 e. The Morgan fingerprint density at radius 1 is 1.11 bits per heavy atom. The predicted octanol–water partition coefficient (Wildman–Crippen LogP) is 0.848. The van der Waals surface area contributed by atoms with Gasteiger partial charge >= 0.3 is 0 Å². The lowest BCUT2D eigenvalue weighted by atomic mass is 10.4. The SMILES string of the molecule is CCCNCCCN(C)S(=O)(=O)N(C)CCSC. The molecule has 0 saturated carbocycles. The average Bonchev–Trinajstić information content (AvgIpc) is 2.35. The first-order chi connectivity index (χ1) is 8.46. The van der Waals surface area contributed by atoms with E-state index in [0.29, 0.717) is 13.1 Å². The lowest BCUT2D eigenvalue weighted by Gasteiger charge is -2.24. The summed E-state index contributed by atoms with van der Waals surface area (Å²) >= 11 is 1.65. The minimum absolute atomic E-state index is 0.557. The second-order valence-electron chi connectivity index (χ2n) is 4.25. The second-order valence-corrected chi connectivity index (χ2v) is 7.38. The van der Waals surface area contributed by atoms with Crippen LogP contribution in [-0.2, 0) is 10.2 Å². The molecule has 0 saturated heterocycles. The van der Waals surface area contributed by atoms with Gasteiger partial charge in [-0.3, -0.25) is 0 Å². The second kappa shape index (κ2) is 10.0. The standard InChI is InChI=1S/C11H27N3O2S2/c1-5-7-12-8-6-9-13(2)18(15,16)14(3)10-11-17-4/h12H,5-11H2,1-4H3. The number of thioether (sulfide) groups is 1. The van der Waals surface area contributed by atoms with Gasteiger partial charge in [0.05, 0.1) is 0 Å². The highest BCUT2D eigenvalue weighted by molar-refractivity contribution is 7.98. The summed E-state index contributed by atoms with van der Waals surface area (Å²) in [4.78, 5) is 0. The number of hydrogen-bond acceptors (Lipinski definition) is 4. The lowest BCUT2D eigenvalue weighted by Crippen LogP contribution is -2.41. The Morgan fingerprint density at radius 2 is 1.72 bits per heavy atom. The Kier molecular flexibility index (Phi) is 10.1. The van der Waals surface area contributed by atoms with Crippen molar-refractivity contribution in [2.75, 3.05) is 52.3 Å². The summed E-state index contributed by atoms with van der Waals surface area (Å²) in [5.74, 6) is 0.821. The van der Waals surface area contributed by atoms with Crippen molar-refractivity contribution in [1.29, 1.82) is 0 Å². The summed E-state index contributed by atoms with van der Waals surface area (Å²) in [5, 5.41) is 3.27. The molecule has 1 N–H and O–H groups in total. The molecule has 0 bridgehead atoms. The molecule has 0 aliphatic heterocycles. The van der Waals surface area contributed by atoms with Gasteiger partial charge in [0.15, 0.2) is 0 Å². The predicted molar refractivity (Wildman–Crippen MR) is 80.3 cm³/mol. The van der Waals surface area contributed by atoms with E-state index in [1.165, 1.54) is 8.61 Å². The van der Waals surface area contributed by atoms with Gasteiger partial charge in [0.1, 0.15) is 0 Å². The van der Waals surface area contributed by atoms with Crippen LogP contribution < -0.4 is 5.32 Å². The summed E-state index contributed by atoms with van der Waals surface area (Å²) in [5.41, 5.74) is 0. The van der Waals surface area contributed by atoms with Crippen LogP contribution in [0.15, 0.2) is 0 Å². The van der Waals surface area contributed by atoms with E-state index in [-0.39, 0.29) is 0 Å². The van der Waals surface area contributed by atoms with E-state index >= 15 is 0 Å². The van der Waals surface area contributed by atoms with Crippen molar-refractivity contribution in [1.82, 2.24) is 13.9 Å². The molecular weight excluding hydrogens is 270 g/mol. The van der Waals surface area contributed by atoms with Gasteiger partial charge in [-0.05, 0) is 32.2 Å². The van der Waals surface area contributed by atoms with Crippen LogP contribution in [0, 0.1) is 0 Å². The molecule has 18 heavy (non-hydrogen) atoms. The fourth-order valence-electron chi connectivity index (χ4n) is 1.42. The van der Waals surface area contributed by atoms with Crippen molar-refractivity contribution in [3.8, 4) is 0 Å². The normalized spacial score (nSPS) is 12.6. The topological polar surface area (TPSA) is 52.7 Å². The first-order valence-electron chi connectivity index (χ1n) is 6.34. The molecule has 0 aliphatic carbocycles. The van der Waals surface area contributed by atoms with Gasteiger partial charge in [-0.2, -0.15) is 28.8 Å². The summed E-state index contributed by atoms with van der Waals surface area (Å²) in [6, 6.07) is 0. The fraction of sp³-hybridized carbons (Fsp3) is 1.00. The van der Waals surface area contributed by atoms with Crippen molar-refractivity contribution in [2.45, 2.75) is 19.8 Å². The maximum atomic E-state index is 12.1. The van der Waals surface area contributed by atoms with Gasteiger partial charge in [-0.25, -0.2) is 0 Å². The zero-order valence-electron chi connectivity index (χ0n) is 12.0. The van der Waals surface area contributed by atoms with Gasteiger partial charge in [0, 0.05) is 32.9 Å². The largest absolute Gasteiger partial charge is 0.317 e. The summed E-state index contributed by atoms with van der Waals surface area (Å²) in [7, 11) is 0.00147. The maximum absolute atomic E-state index is 12.1. The van der Waals surface area contributed by atoms with Gasteiger partial charge in [-0.1, -0.05) is 6.92 Å². The molecule has 0 atom stereocenters. The first-order valence-corrected chi connectivity index (χ1v) is 9.13. The quantitative estimate of drug-likeness (QED) is 0.574. The van der Waals surface area contributed by atoms with Crippen LogP contribution in [0.3, 0.4) is 0 Å². The van der Waals surface area contributed by atoms with Gasteiger partial charge in [0.2, 0.25) is 0 Å². The molecular formula is C11H27N3O2S2. The van der Waals surface area contributed by atoms with Crippen molar-refractivity contribution in [3.63, 3.8) is 0 Å². The lowest BCUT2D eigenvalue weighted by molar-refractivity contribution is 0.395. The Morgan fingerprint density at radius 3 is 2.28 bits per heavy atom. The van der Waals surface area contributed by atoms with Crippen LogP contribution in [-0.4, -0.2) is 69.3 Å². The highest BCUT2D eigenvalue weighted by Crippen LogP contribution is 2.05. The molecule has 0 fully saturated rings. The average molecular weight is 297 g/mol. The van der Waals surface area contributed by atoms with Crippen molar-refractivity contribution in [3.05, 3.63) is 0 Å². The molecule has 5 nitrogen and oxygen atoms in total. The Hall–Kier alpha value is 0.180. The van der Waals surface area contributed by atoms with E-state index in [1.54, 1.807) is 25.9 Å². The Labute approximate surface area is 116 Å². The van der Waals surface area contributed by atoms with Gasteiger partial charge in [0.25, 0.3) is 10.2 Å². The molecule has 0 aromatic heterocycles. The van der Waals surface area contributed by atoms with Crippen LogP contribution in [0.25, 0.3) is 0 Å². The van der Waals surface area contributed by atoms with Crippen molar-refractivity contribution >= 4 is 22.0 Å². The Bertz CT molecular complexity index is 297. The Balaban J connectivity index is 4.01. The summed E-state index contributed by atoms with van der Waals surface area (Å²) in [6.07, 6.45) is 3.92. The minimum Gasteiger partial charge on any atom is -0.317 e. The number of nitrogens with zero attached hydrogens (tertiary/aromatic N) is 2. The third-order valence-electron chi connectivity index (χ3n) is 2.65. The molecule has 0 heterocycles. The third kappa shape index (κ3) is 6.94. The molecule has 0 spiro atoms. The van der Waals surface area contributed by atoms with Crippen molar-refractivity contribution in [2.24, 2.45) is 0 Å². The van der Waals surface area contributed by atoms with E-state index in [9.17, 15) is 8.42 Å². The summed E-state index contributed by atoms with van der Waals surface area (Å²) in [6.45, 7) is 5.08. The van der Waals surface area contributed by atoms with E-state index < -0.39 is 10.2 Å². The molecule has 0 aromatic carbocycles. The zero-order chi connectivity index (χ0) is 14.0. The van der Waals surface area contributed by atoms with E-state index in [1.807, 2.05) is 6.26 Å². The van der Waals surface area contributed by atoms with Gasteiger partial charge < -0.3 is 5.32 Å². The molecule has 0 radical (unpaired) electrons. The molecule has 0 amide bonds. The molecule has 0 aromatic rings. The molecule has 0 aliphatic rings. The van der Waals surface area contributed by atoms with Crippen molar-refractivity contribution < 1.29 is 8.42 Å². The van der Waals surface area contributed by atoms with Gasteiger partial charge in [-0.15, -0.1) is 0 Å². The molecule has 7 heteroatoms. The highest BCUT2D eigenvalue weighted by Gasteiger charge is 2.22. The van der Waals surface area contributed by atoms with Crippen LogP contribution in [0.2, 0.25) is 0 Å². The monoisotopic (exact) mass is 297 g/mol. The first kappa shape index (κ1) is 18.2. The minimum atomic E-state index is -3.28. The van der Waals surface area contributed by atoms with E-state index in [2.05, 4.69) is 12.2 Å². The smallest absolute Gasteiger partial charge is 0.281 e. The molecule has 110 valence electrons. The van der Waals surface area contributed by atoms with E-state index in [0.717, 1.165) is 31.7 Å². The van der Waals surface area contributed by atoms with Crippen LogP contribution >= 0.6 is 11.8 Å².